The molecule has 1 heterocycles. The summed E-state index contributed by atoms with van der Waals surface area (Å²) in [6.07, 6.45) is 1.91. The molecule has 2 rings (SSSR count). The Morgan fingerprint density at radius 2 is 2.10 bits per heavy atom. The summed E-state index contributed by atoms with van der Waals surface area (Å²) in [7, 11) is 0. The minimum absolute atomic E-state index is 0.0871. The molecule has 0 aliphatic carbocycles. The number of rotatable bonds is 4. The van der Waals surface area contributed by atoms with E-state index in [-0.39, 0.29) is 22.7 Å². The lowest BCUT2D eigenvalue weighted by Crippen LogP contribution is -2.07. The van der Waals surface area contributed by atoms with E-state index in [2.05, 4.69) is 4.98 Å². The fraction of sp³-hybridized carbons (Fsp3) is 0.143. The Labute approximate surface area is 115 Å². The summed E-state index contributed by atoms with van der Waals surface area (Å²) in [5.41, 5.74) is 6.76. The first-order valence-corrected chi connectivity index (χ1v) is 5.97. The van der Waals surface area contributed by atoms with Gasteiger partial charge in [0.15, 0.2) is 5.78 Å². The summed E-state index contributed by atoms with van der Waals surface area (Å²) in [5, 5.41) is 11.2. The molecule has 2 aromatic rings. The zero-order valence-electron chi connectivity index (χ0n) is 10.9. The standard InChI is InChI=1S/C14H13N3O3/c1-9(18)12-6-5-10(14(13(12)15)17(19)20)8-11-4-2-3-7-16-11/h2-7H,8,15H2,1H3. The number of nitrogen functional groups attached to an aromatic ring is 1. The van der Waals surface area contributed by atoms with Crippen LogP contribution in [0.5, 0.6) is 0 Å². The molecule has 0 radical (unpaired) electrons. The van der Waals surface area contributed by atoms with Gasteiger partial charge in [0.2, 0.25) is 0 Å². The molecular formula is C14H13N3O3. The Morgan fingerprint density at radius 1 is 1.35 bits per heavy atom. The van der Waals surface area contributed by atoms with Gasteiger partial charge in [0, 0.05) is 29.4 Å². The molecule has 0 spiro atoms. The SMILES string of the molecule is CC(=O)c1ccc(Cc2ccccn2)c([N+](=O)[O-])c1N. The number of carbonyl (C=O) groups is 1. The number of benzene rings is 1. The summed E-state index contributed by atoms with van der Waals surface area (Å²) in [6.45, 7) is 1.33. The molecule has 0 fully saturated rings. The van der Waals surface area contributed by atoms with Crippen molar-refractivity contribution in [3.05, 3.63) is 63.5 Å². The molecule has 0 saturated heterocycles. The number of nitrogens with zero attached hydrogens (tertiary/aromatic N) is 2. The Balaban J connectivity index is 2.51. The van der Waals surface area contributed by atoms with Crippen molar-refractivity contribution >= 4 is 17.2 Å². The van der Waals surface area contributed by atoms with Crippen molar-refractivity contribution in [3.8, 4) is 0 Å². The summed E-state index contributed by atoms with van der Waals surface area (Å²) in [5.74, 6) is -0.296. The van der Waals surface area contributed by atoms with Crippen molar-refractivity contribution in [2.24, 2.45) is 0 Å². The minimum Gasteiger partial charge on any atom is -0.393 e. The summed E-state index contributed by atoms with van der Waals surface area (Å²) in [4.78, 5) is 26.2. The van der Waals surface area contributed by atoms with E-state index < -0.39 is 4.92 Å². The third kappa shape index (κ3) is 2.64. The number of nitrogens with two attached hydrogens (primary N) is 1. The molecule has 0 atom stereocenters. The molecule has 6 heteroatoms. The van der Waals surface area contributed by atoms with E-state index in [1.807, 2.05) is 6.07 Å². The number of anilines is 1. The van der Waals surface area contributed by atoms with Crippen molar-refractivity contribution in [2.75, 3.05) is 5.73 Å². The maximum atomic E-state index is 11.4. The maximum Gasteiger partial charge on any atom is 0.296 e. The van der Waals surface area contributed by atoms with Crippen LogP contribution >= 0.6 is 0 Å². The van der Waals surface area contributed by atoms with Gasteiger partial charge < -0.3 is 5.73 Å². The third-order valence-corrected chi connectivity index (χ3v) is 2.96. The highest BCUT2D eigenvalue weighted by atomic mass is 16.6. The van der Waals surface area contributed by atoms with Crippen LogP contribution < -0.4 is 5.73 Å². The van der Waals surface area contributed by atoms with Crippen LogP contribution in [0.2, 0.25) is 0 Å². The highest BCUT2D eigenvalue weighted by Gasteiger charge is 2.22. The first-order chi connectivity index (χ1) is 9.50. The molecular weight excluding hydrogens is 258 g/mol. The second-order valence-electron chi connectivity index (χ2n) is 4.35. The van der Waals surface area contributed by atoms with Gasteiger partial charge >= 0.3 is 0 Å². The topological polar surface area (TPSA) is 99.1 Å². The first-order valence-electron chi connectivity index (χ1n) is 5.97. The molecule has 0 bridgehead atoms. The normalized spacial score (nSPS) is 10.2. The molecule has 1 aromatic heterocycles. The van der Waals surface area contributed by atoms with Gasteiger partial charge in [-0.25, -0.2) is 0 Å². The maximum absolute atomic E-state index is 11.4. The fourth-order valence-electron chi connectivity index (χ4n) is 2.02. The third-order valence-electron chi connectivity index (χ3n) is 2.96. The fourth-order valence-corrected chi connectivity index (χ4v) is 2.02. The van der Waals surface area contributed by atoms with Crippen molar-refractivity contribution in [3.63, 3.8) is 0 Å². The van der Waals surface area contributed by atoms with Crippen molar-refractivity contribution in [1.29, 1.82) is 0 Å². The molecule has 0 aliphatic rings. The second-order valence-corrected chi connectivity index (χ2v) is 4.35. The first kappa shape index (κ1) is 13.7. The average Bonchev–Trinajstić information content (AvgIpc) is 2.39. The van der Waals surface area contributed by atoms with Crippen LogP contribution in [0.1, 0.15) is 28.5 Å². The van der Waals surface area contributed by atoms with E-state index >= 15 is 0 Å². The zero-order chi connectivity index (χ0) is 14.7. The van der Waals surface area contributed by atoms with Gasteiger partial charge in [0.05, 0.1) is 4.92 Å². The Bertz CT molecular complexity index is 669. The van der Waals surface area contributed by atoms with Gasteiger partial charge in [-0.15, -0.1) is 0 Å². The number of nitro benzene ring substituents is 1. The smallest absolute Gasteiger partial charge is 0.296 e. The lowest BCUT2D eigenvalue weighted by Gasteiger charge is -2.08. The number of ketones is 1. The van der Waals surface area contributed by atoms with Gasteiger partial charge in [-0.1, -0.05) is 12.1 Å². The van der Waals surface area contributed by atoms with E-state index in [4.69, 9.17) is 5.73 Å². The number of nitro groups is 1. The number of pyridine rings is 1. The molecule has 2 N–H and O–H groups in total. The van der Waals surface area contributed by atoms with Crippen molar-refractivity contribution in [1.82, 2.24) is 4.98 Å². The predicted molar refractivity (Wildman–Crippen MR) is 74.6 cm³/mol. The van der Waals surface area contributed by atoms with Crippen molar-refractivity contribution < 1.29 is 9.72 Å². The van der Waals surface area contributed by atoms with E-state index in [0.717, 1.165) is 0 Å². The highest BCUT2D eigenvalue weighted by Crippen LogP contribution is 2.31. The summed E-state index contributed by atoms with van der Waals surface area (Å²) in [6, 6.07) is 8.42. The molecule has 0 unspecified atom stereocenters. The van der Waals surface area contributed by atoms with E-state index in [0.29, 0.717) is 17.7 Å². The second kappa shape index (κ2) is 5.48. The minimum atomic E-state index is -0.556. The molecule has 6 nitrogen and oxygen atoms in total. The number of Topliss-reactive ketones (excluding diaryl/α,β-unsaturated/α-hetero) is 1. The number of carbonyl (C=O) groups excluding carboxylic acids is 1. The van der Waals surface area contributed by atoms with Crippen LogP contribution in [0.15, 0.2) is 36.5 Å². The van der Waals surface area contributed by atoms with Crippen molar-refractivity contribution in [2.45, 2.75) is 13.3 Å². The quantitative estimate of drug-likeness (QED) is 0.398. The number of aromatic nitrogens is 1. The Morgan fingerprint density at radius 3 is 2.65 bits per heavy atom. The lowest BCUT2D eigenvalue weighted by atomic mass is 10.0. The van der Waals surface area contributed by atoms with Crippen LogP contribution in [0.4, 0.5) is 11.4 Å². The largest absolute Gasteiger partial charge is 0.393 e. The monoisotopic (exact) mass is 271 g/mol. The van der Waals surface area contributed by atoms with Crippen LogP contribution in [0, 0.1) is 10.1 Å². The van der Waals surface area contributed by atoms with Gasteiger partial charge in [0.25, 0.3) is 5.69 Å². The van der Waals surface area contributed by atoms with Crippen LogP contribution in [0.25, 0.3) is 0 Å². The van der Waals surface area contributed by atoms with Gasteiger partial charge in [-0.05, 0) is 25.1 Å². The summed E-state index contributed by atoms with van der Waals surface area (Å²) < 4.78 is 0. The molecule has 1 aromatic carbocycles. The average molecular weight is 271 g/mol. The summed E-state index contributed by atoms with van der Waals surface area (Å²) >= 11 is 0. The number of hydrogen-bond acceptors (Lipinski definition) is 5. The zero-order valence-corrected chi connectivity index (χ0v) is 10.9. The van der Waals surface area contributed by atoms with E-state index in [9.17, 15) is 14.9 Å². The Hall–Kier alpha value is -2.76. The van der Waals surface area contributed by atoms with Crippen LogP contribution in [0.3, 0.4) is 0 Å². The predicted octanol–water partition coefficient (Wildman–Crippen LogP) is 2.37. The molecule has 0 aliphatic heterocycles. The molecule has 0 saturated carbocycles. The lowest BCUT2D eigenvalue weighted by molar-refractivity contribution is -0.384. The molecule has 0 amide bonds. The van der Waals surface area contributed by atoms with Gasteiger partial charge in [-0.3, -0.25) is 19.9 Å². The number of hydrogen-bond donors (Lipinski definition) is 1. The van der Waals surface area contributed by atoms with Crippen LogP contribution in [-0.4, -0.2) is 15.7 Å². The van der Waals surface area contributed by atoms with E-state index in [1.165, 1.54) is 13.0 Å². The molecule has 20 heavy (non-hydrogen) atoms. The molecule has 102 valence electrons. The highest BCUT2D eigenvalue weighted by molar-refractivity contribution is 6.01. The van der Waals surface area contributed by atoms with Gasteiger partial charge in [-0.2, -0.15) is 0 Å². The van der Waals surface area contributed by atoms with E-state index in [1.54, 1.807) is 24.4 Å². The van der Waals surface area contributed by atoms with Crippen LogP contribution in [-0.2, 0) is 6.42 Å². The Kier molecular flexibility index (Phi) is 3.74. The van der Waals surface area contributed by atoms with Gasteiger partial charge in [0.1, 0.15) is 5.69 Å².